The molecule has 6 atom stereocenters. The number of aryl methyl sites for hydroxylation is 1. The number of aromatic carboxylic acids is 1. The molecule has 174 valence electrons. The van der Waals surface area contributed by atoms with Crippen LogP contribution in [0.4, 0.5) is 0 Å². The van der Waals surface area contributed by atoms with Gasteiger partial charge in [-0.25, -0.2) is 9.36 Å². The highest BCUT2D eigenvalue weighted by molar-refractivity contribution is 5.89. The second kappa shape index (κ2) is 10.6. The van der Waals surface area contributed by atoms with E-state index in [1.54, 1.807) is 10.8 Å². The van der Waals surface area contributed by atoms with Crippen molar-refractivity contribution in [2.24, 2.45) is 18.9 Å². The molecule has 2 rings (SSSR count). The Hall–Kier alpha value is -1.99. The van der Waals surface area contributed by atoms with Gasteiger partial charge >= 0.3 is 11.9 Å². The Morgan fingerprint density at radius 1 is 1.26 bits per heavy atom. The van der Waals surface area contributed by atoms with E-state index >= 15 is 0 Å². The minimum Gasteiger partial charge on any atom is -0.481 e. The zero-order valence-electron chi connectivity index (χ0n) is 19.4. The third-order valence-corrected chi connectivity index (χ3v) is 6.85. The summed E-state index contributed by atoms with van der Waals surface area (Å²) in [5.74, 6) is -1.90. The molecule has 1 aromatic rings. The maximum Gasteiger partial charge on any atom is 0.342 e. The van der Waals surface area contributed by atoms with Crippen LogP contribution in [-0.2, 0) is 16.6 Å². The van der Waals surface area contributed by atoms with Gasteiger partial charge < -0.3 is 20.1 Å². The largest absolute Gasteiger partial charge is 0.481 e. The standard InChI is InChI=1S/C24H37NO6/c1-6-15(20(26)11-21(27)28)12-24(4)13-16(7-2)22(31-24)17(8-3)18-9-10-25(5)14-19(18)23(29)30/h9-10,14-17,20,22,26H,6-8,11-13H2,1-5H3,(H-,27,28,29,30)/p+1. The summed E-state index contributed by atoms with van der Waals surface area (Å²) >= 11 is 0. The molecule has 31 heavy (non-hydrogen) atoms. The van der Waals surface area contributed by atoms with E-state index in [9.17, 15) is 19.8 Å². The van der Waals surface area contributed by atoms with E-state index < -0.39 is 23.6 Å². The lowest BCUT2D eigenvalue weighted by atomic mass is 9.78. The molecule has 1 aliphatic rings. The molecule has 0 aliphatic carbocycles. The van der Waals surface area contributed by atoms with Crippen molar-refractivity contribution in [1.29, 1.82) is 0 Å². The number of aliphatic carboxylic acids is 1. The molecule has 2 heterocycles. The monoisotopic (exact) mass is 436 g/mol. The Balaban J connectivity index is 2.31. The van der Waals surface area contributed by atoms with Gasteiger partial charge in [0.15, 0.2) is 12.4 Å². The highest BCUT2D eigenvalue weighted by Gasteiger charge is 2.47. The van der Waals surface area contributed by atoms with E-state index in [1.807, 2.05) is 33.2 Å². The van der Waals surface area contributed by atoms with Crippen molar-refractivity contribution in [3.63, 3.8) is 0 Å². The second-order valence-electron chi connectivity index (χ2n) is 9.24. The van der Waals surface area contributed by atoms with Crippen molar-refractivity contribution in [1.82, 2.24) is 0 Å². The van der Waals surface area contributed by atoms with Crippen molar-refractivity contribution >= 4 is 11.9 Å². The summed E-state index contributed by atoms with van der Waals surface area (Å²) in [6, 6.07) is 1.88. The zero-order chi connectivity index (χ0) is 23.3. The first kappa shape index (κ1) is 25.3. The number of hydrogen-bond donors (Lipinski definition) is 3. The zero-order valence-corrected chi connectivity index (χ0v) is 19.4. The lowest BCUT2D eigenvalue weighted by Gasteiger charge is -2.33. The summed E-state index contributed by atoms with van der Waals surface area (Å²) in [7, 11) is 1.81. The van der Waals surface area contributed by atoms with Crippen LogP contribution in [0, 0.1) is 11.8 Å². The van der Waals surface area contributed by atoms with E-state index in [0.29, 0.717) is 18.4 Å². The van der Waals surface area contributed by atoms with E-state index in [4.69, 9.17) is 9.84 Å². The quantitative estimate of drug-likeness (QED) is 0.458. The fourth-order valence-electron chi connectivity index (χ4n) is 5.26. The first-order valence-corrected chi connectivity index (χ1v) is 11.3. The third kappa shape index (κ3) is 6.04. The maximum atomic E-state index is 11.9. The number of ether oxygens (including phenoxy) is 1. The van der Waals surface area contributed by atoms with Crippen molar-refractivity contribution < 1.29 is 34.2 Å². The van der Waals surface area contributed by atoms with Crippen LogP contribution >= 0.6 is 0 Å². The predicted octanol–water partition coefficient (Wildman–Crippen LogP) is 3.53. The molecule has 1 aliphatic heterocycles. The Morgan fingerprint density at radius 3 is 2.45 bits per heavy atom. The van der Waals surface area contributed by atoms with Crippen LogP contribution in [0.2, 0.25) is 0 Å². The Labute approximate surface area is 185 Å². The number of aliphatic hydroxyl groups is 1. The molecule has 3 N–H and O–H groups in total. The summed E-state index contributed by atoms with van der Waals surface area (Å²) in [6.07, 6.45) is 5.94. The summed E-state index contributed by atoms with van der Waals surface area (Å²) < 4.78 is 8.40. The Bertz CT molecular complexity index is 781. The average Bonchev–Trinajstić information content (AvgIpc) is 3.03. The molecule has 0 bridgehead atoms. The highest BCUT2D eigenvalue weighted by atomic mass is 16.5. The van der Waals surface area contributed by atoms with Crippen molar-refractivity contribution in [3.05, 3.63) is 29.6 Å². The third-order valence-electron chi connectivity index (χ3n) is 6.85. The number of aliphatic hydroxyl groups excluding tert-OH is 1. The SMILES string of the molecule is CCC(CC1(C)CC(CC)C(C(CC)c2cc[n+](C)cc2C(=O)O)O1)C(O)CC(=O)O. The molecular formula is C24H38NO6+. The molecule has 7 nitrogen and oxygen atoms in total. The number of hydrogen-bond acceptors (Lipinski definition) is 4. The van der Waals surface area contributed by atoms with Crippen LogP contribution in [0.25, 0.3) is 0 Å². The first-order chi connectivity index (χ1) is 14.5. The van der Waals surface area contributed by atoms with Gasteiger partial charge in [0, 0.05) is 12.0 Å². The van der Waals surface area contributed by atoms with Gasteiger partial charge in [0.05, 0.1) is 24.2 Å². The van der Waals surface area contributed by atoms with Gasteiger partial charge in [-0.15, -0.1) is 0 Å². The normalized spacial score (nSPS) is 26.4. The molecule has 6 unspecified atom stereocenters. The summed E-state index contributed by atoms with van der Waals surface area (Å²) in [4.78, 5) is 23.0. The van der Waals surface area contributed by atoms with E-state index in [1.165, 1.54) is 0 Å². The molecule has 0 spiro atoms. The van der Waals surface area contributed by atoms with Crippen LogP contribution in [0.3, 0.4) is 0 Å². The molecule has 1 fully saturated rings. The average molecular weight is 437 g/mol. The van der Waals surface area contributed by atoms with Gasteiger partial charge in [0.25, 0.3) is 0 Å². The lowest BCUT2D eigenvalue weighted by Crippen LogP contribution is -2.35. The number of pyridine rings is 1. The molecular weight excluding hydrogens is 398 g/mol. The maximum absolute atomic E-state index is 11.9. The molecule has 0 saturated carbocycles. The molecule has 1 aromatic heterocycles. The van der Waals surface area contributed by atoms with Gasteiger partial charge in [0.1, 0.15) is 12.6 Å². The van der Waals surface area contributed by atoms with E-state index in [0.717, 1.165) is 24.8 Å². The van der Waals surface area contributed by atoms with Crippen molar-refractivity contribution in [2.75, 3.05) is 0 Å². The molecule has 7 heteroatoms. The Kier molecular flexibility index (Phi) is 8.60. The van der Waals surface area contributed by atoms with E-state index in [-0.39, 0.29) is 30.3 Å². The first-order valence-electron chi connectivity index (χ1n) is 11.3. The van der Waals surface area contributed by atoms with Crippen LogP contribution in [0.1, 0.15) is 88.1 Å². The van der Waals surface area contributed by atoms with Crippen LogP contribution in [0.5, 0.6) is 0 Å². The summed E-state index contributed by atoms with van der Waals surface area (Å²) in [6.45, 7) is 8.18. The summed E-state index contributed by atoms with van der Waals surface area (Å²) in [5.41, 5.74) is 0.604. The van der Waals surface area contributed by atoms with Crippen LogP contribution in [-0.4, -0.2) is 45.1 Å². The molecule has 1 saturated heterocycles. The van der Waals surface area contributed by atoms with Crippen LogP contribution in [0.15, 0.2) is 18.5 Å². The van der Waals surface area contributed by atoms with E-state index in [2.05, 4.69) is 13.8 Å². The van der Waals surface area contributed by atoms with Crippen molar-refractivity contribution in [3.8, 4) is 0 Å². The minimum absolute atomic E-state index is 0.0527. The predicted molar refractivity (Wildman–Crippen MR) is 116 cm³/mol. The smallest absolute Gasteiger partial charge is 0.342 e. The number of carboxylic acid groups (broad SMARTS) is 2. The number of carboxylic acids is 2. The number of carbonyl (C=O) groups is 2. The van der Waals surface area contributed by atoms with Crippen molar-refractivity contribution in [2.45, 2.75) is 89.9 Å². The Morgan fingerprint density at radius 2 is 1.94 bits per heavy atom. The molecule has 0 aromatic carbocycles. The second-order valence-corrected chi connectivity index (χ2v) is 9.24. The fourth-order valence-corrected chi connectivity index (χ4v) is 5.26. The van der Waals surface area contributed by atoms with Gasteiger partial charge in [-0.2, -0.15) is 0 Å². The van der Waals surface area contributed by atoms with Gasteiger partial charge in [-0.05, 0) is 43.6 Å². The number of rotatable bonds is 11. The van der Waals surface area contributed by atoms with Crippen LogP contribution < -0.4 is 4.57 Å². The lowest BCUT2D eigenvalue weighted by molar-refractivity contribution is -0.671. The van der Waals surface area contributed by atoms with Gasteiger partial charge in [0.2, 0.25) is 0 Å². The highest BCUT2D eigenvalue weighted by Crippen LogP contribution is 2.47. The van der Waals surface area contributed by atoms with Gasteiger partial charge in [-0.1, -0.05) is 33.6 Å². The molecule has 0 amide bonds. The molecule has 0 radical (unpaired) electrons. The van der Waals surface area contributed by atoms with Gasteiger partial charge in [-0.3, -0.25) is 4.79 Å². The topological polar surface area (TPSA) is 108 Å². The number of aromatic nitrogens is 1. The fraction of sp³-hybridized carbons (Fsp3) is 0.708. The number of nitrogens with zero attached hydrogens (tertiary/aromatic N) is 1. The minimum atomic E-state index is -1.00. The summed E-state index contributed by atoms with van der Waals surface area (Å²) in [5, 5.41) is 29.2.